The van der Waals surface area contributed by atoms with E-state index >= 15 is 0 Å². The molecule has 2 aliphatic heterocycles. The van der Waals surface area contributed by atoms with Crippen molar-refractivity contribution >= 4 is 17.3 Å². The Kier molecular flexibility index (Phi) is 2.96. The van der Waals surface area contributed by atoms with E-state index in [0.29, 0.717) is 6.61 Å². The monoisotopic (exact) mass is 246 g/mol. The molecule has 4 heteroatoms. The molecule has 1 aromatic rings. The Bertz CT molecular complexity index is 467. The summed E-state index contributed by atoms with van der Waals surface area (Å²) in [6.07, 6.45) is 2.60. The Morgan fingerprint density at radius 1 is 1.50 bits per heavy atom. The van der Waals surface area contributed by atoms with Gasteiger partial charge in [-0.2, -0.15) is 0 Å². The van der Waals surface area contributed by atoms with E-state index in [9.17, 15) is 4.79 Å². The number of likely N-dealkylation sites (N-methyl/N-ethyl adjacent to an activating group) is 1. The standard InChI is InChI=1S/C14H18N2O2/c1-16-7-6-10-9-11(4-5-12(10)16)15-14(17)13-3-2-8-18-13/h4-5,9,13H,2-3,6-8H2,1H3,(H,15,17). The lowest BCUT2D eigenvalue weighted by Gasteiger charge is -2.14. The van der Waals surface area contributed by atoms with E-state index in [4.69, 9.17) is 4.74 Å². The molecule has 3 rings (SSSR count). The summed E-state index contributed by atoms with van der Waals surface area (Å²) in [5.74, 6) is -0.0150. The molecular formula is C14H18N2O2. The minimum absolute atomic E-state index is 0.0150. The quantitative estimate of drug-likeness (QED) is 0.865. The number of anilines is 2. The SMILES string of the molecule is CN1CCc2cc(NC(=O)C3CCCO3)ccc21. The fourth-order valence-electron chi connectivity index (χ4n) is 2.65. The van der Waals surface area contributed by atoms with Crippen molar-refractivity contribution in [1.29, 1.82) is 0 Å². The van der Waals surface area contributed by atoms with Gasteiger partial charge >= 0.3 is 0 Å². The predicted molar refractivity (Wildman–Crippen MR) is 71.0 cm³/mol. The lowest BCUT2D eigenvalue weighted by Crippen LogP contribution is -2.26. The number of fused-ring (bicyclic) bond motifs is 1. The molecule has 96 valence electrons. The second kappa shape index (κ2) is 4.61. The van der Waals surface area contributed by atoms with Gasteiger partial charge in [-0.3, -0.25) is 4.79 Å². The zero-order chi connectivity index (χ0) is 12.5. The zero-order valence-corrected chi connectivity index (χ0v) is 10.6. The van der Waals surface area contributed by atoms with Gasteiger partial charge in [0.25, 0.3) is 5.91 Å². The van der Waals surface area contributed by atoms with Crippen molar-refractivity contribution in [2.45, 2.75) is 25.4 Å². The van der Waals surface area contributed by atoms with Crippen LogP contribution in [0.4, 0.5) is 11.4 Å². The van der Waals surface area contributed by atoms with Crippen LogP contribution < -0.4 is 10.2 Å². The van der Waals surface area contributed by atoms with Gasteiger partial charge < -0.3 is 15.0 Å². The van der Waals surface area contributed by atoms with Gasteiger partial charge in [0.15, 0.2) is 0 Å². The average molecular weight is 246 g/mol. The first-order valence-electron chi connectivity index (χ1n) is 6.50. The Hall–Kier alpha value is -1.55. The molecule has 0 aliphatic carbocycles. The van der Waals surface area contributed by atoms with Gasteiger partial charge in [0, 0.05) is 31.6 Å². The minimum atomic E-state index is -0.263. The van der Waals surface area contributed by atoms with Crippen molar-refractivity contribution in [3.05, 3.63) is 23.8 Å². The van der Waals surface area contributed by atoms with E-state index in [-0.39, 0.29) is 12.0 Å². The van der Waals surface area contributed by atoms with E-state index in [0.717, 1.165) is 31.5 Å². The van der Waals surface area contributed by atoms with Crippen LogP contribution in [0.15, 0.2) is 18.2 Å². The van der Waals surface area contributed by atoms with Gasteiger partial charge in [-0.1, -0.05) is 0 Å². The lowest BCUT2D eigenvalue weighted by molar-refractivity contribution is -0.124. The zero-order valence-electron chi connectivity index (χ0n) is 10.6. The topological polar surface area (TPSA) is 41.6 Å². The molecule has 1 N–H and O–H groups in total. The van der Waals surface area contributed by atoms with E-state index in [2.05, 4.69) is 29.4 Å². The first kappa shape index (κ1) is 11.5. The Morgan fingerprint density at radius 3 is 3.17 bits per heavy atom. The van der Waals surface area contributed by atoms with Gasteiger partial charge in [-0.05, 0) is 43.0 Å². The molecule has 18 heavy (non-hydrogen) atoms. The number of nitrogens with one attached hydrogen (secondary N) is 1. The number of carbonyl (C=O) groups excluding carboxylic acids is 1. The van der Waals surface area contributed by atoms with Crippen molar-refractivity contribution in [3.8, 4) is 0 Å². The van der Waals surface area contributed by atoms with E-state index in [1.54, 1.807) is 0 Å². The second-order valence-electron chi connectivity index (χ2n) is 5.01. The van der Waals surface area contributed by atoms with Crippen LogP contribution in [-0.4, -0.2) is 32.2 Å². The van der Waals surface area contributed by atoms with Crippen LogP contribution in [0.5, 0.6) is 0 Å². The first-order valence-corrected chi connectivity index (χ1v) is 6.50. The molecule has 0 aromatic heterocycles. The molecular weight excluding hydrogens is 228 g/mol. The largest absolute Gasteiger partial charge is 0.374 e. The maximum Gasteiger partial charge on any atom is 0.253 e. The number of hydrogen-bond donors (Lipinski definition) is 1. The van der Waals surface area contributed by atoms with Gasteiger partial charge in [-0.15, -0.1) is 0 Å². The van der Waals surface area contributed by atoms with Crippen molar-refractivity contribution in [2.75, 3.05) is 30.4 Å². The summed E-state index contributed by atoms with van der Waals surface area (Å²) >= 11 is 0. The number of nitrogens with zero attached hydrogens (tertiary/aromatic N) is 1. The molecule has 2 aliphatic rings. The third-order valence-corrected chi connectivity index (χ3v) is 3.70. The molecule has 1 fully saturated rings. The van der Waals surface area contributed by atoms with Gasteiger partial charge in [0.2, 0.25) is 0 Å². The summed E-state index contributed by atoms with van der Waals surface area (Å²) in [7, 11) is 2.09. The molecule has 0 saturated carbocycles. The van der Waals surface area contributed by atoms with Crippen molar-refractivity contribution in [2.24, 2.45) is 0 Å². The molecule has 0 radical (unpaired) electrons. The van der Waals surface area contributed by atoms with E-state index in [1.165, 1.54) is 11.3 Å². The van der Waals surface area contributed by atoms with Crippen LogP contribution >= 0.6 is 0 Å². The van der Waals surface area contributed by atoms with Crippen LogP contribution in [0.3, 0.4) is 0 Å². The van der Waals surface area contributed by atoms with Crippen molar-refractivity contribution < 1.29 is 9.53 Å². The summed E-state index contributed by atoms with van der Waals surface area (Å²) in [6, 6.07) is 6.12. The van der Waals surface area contributed by atoms with Crippen LogP contribution in [-0.2, 0) is 16.0 Å². The highest BCUT2D eigenvalue weighted by molar-refractivity contribution is 5.94. The van der Waals surface area contributed by atoms with E-state index in [1.807, 2.05) is 6.07 Å². The fourth-order valence-corrected chi connectivity index (χ4v) is 2.65. The summed E-state index contributed by atoms with van der Waals surface area (Å²) in [5.41, 5.74) is 3.46. The normalized spacial score (nSPS) is 22.1. The molecule has 2 heterocycles. The van der Waals surface area contributed by atoms with Crippen LogP contribution in [0.1, 0.15) is 18.4 Å². The summed E-state index contributed by atoms with van der Waals surface area (Å²) in [6.45, 7) is 1.76. The van der Waals surface area contributed by atoms with Gasteiger partial charge in [-0.25, -0.2) is 0 Å². The molecule has 1 atom stereocenters. The number of carbonyl (C=O) groups is 1. The van der Waals surface area contributed by atoms with Crippen molar-refractivity contribution in [3.63, 3.8) is 0 Å². The number of rotatable bonds is 2. The Morgan fingerprint density at radius 2 is 2.39 bits per heavy atom. The number of ether oxygens (including phenoxy) is 1. The number of hydrogen-bond acceptors (Lipinski definition) is 3. The maximum atomic E-state index is 11.9. The highest BCUT2D eigenvalue weighted by Crippen LogP contribution is 2.29. The van der Waals surface area contributed by atoms with Gasteiger partial charge in [0.1, 0.15) is 6.10 Å². The smallest absolute Gasteiger partial charge is 0.253 e. The van der Waals surface area contributed by atoms with E-state index < -0.39 is 0 Å². The highest BCUT2D eigenvalue weighted by atomic mass is 16.5. The average Bonchev–Trinajstić information content (AvgIpc) is 2.99. The Labute approximate surface area is 107 Å². The number of amides is 1. The molecule has 1 unspecified atom stereocenters. The highest BCUT2D eigenvalue weighted by Gasteiger charge is 2.24. The molecule has 1 amide bonds. The summed E-state index contributed by atoms with van der Waals surface area (Å²) in [5, 5.41) is 2.95. The fraction of sp³-hybridized carbons (Fsp3) is 0.500. The number of benzene rings is 1. The van der Waals surface area contributed by atoms with Gasteiger partial charge in [0.05, 0.1) is 0 Å². The van der Waals surface area contributed by atoms with Crippen LogP contribution in [0.25, 0.3) is 0 Å². The predicted octanol–water partition coefficient (Wildman–Crippen LogP) is 1.80. The minimum Gasteiger partial charge on any atom is -0.374 e. The second-order valence-corrected chi connectivity index (χ2v) is 5.01. The summed E-state index contributed by atoms with van der Waals surface area (Å²) < 4.78 is 5.38. The molecule has 0 spiro atoms. The first-order chi connectivity index (χ1) is 8.74. The third kappa shape index (κ3) is 2.08. The summed E-state index contributed by atoms with van der Waals surface area (Å²) in [4.78, 5) is 14.2. The van der Waals surface area contributed by atoms with Crippen LogP contribution in [0, 0.1) is 0 Å². The molecule has 1 saturated heterocycles. The van der Waals surface area contributed by atoms with Crippen LogP contribution in [0.2, 0.25) is 0 Å². The van der Waals surface area contributed by atoms with Crippen molar-refractivity contribution in [1.82, 2.24) is 0 Å². The third-order valence-electron chi connectivity index (χ3n) is 3.70. The maximum absolute atomic E-state index is 11.9. The molecule has 4 nitrogen and oxygen atoms in total. The Balaban J connectivity index is 1.72. The lowest BCUT2D eigenvalue weighted by atomic mass is 10.1. The molecule has 1 aromatic carbocycles. The molecule has 0 bridgehead atoms.